The zero-order valence-corrected chi connectivity index (χ0v) is 17.0. The third-order valence-corrected chi connectivity index (χ3v) is 5.63. The van der Waals surface area contributed by atoms with Crippen LogP contribution in [-0.2, 0) is 11.2 Å². The first-order valence-corrected chi connectivity index (χ1v) is 9.76. The number of aromatic nitrogens is 2. The summed E-state index contributed by atoms with van der Waals surface area (Å²) in [6, 6.07) is 5.22. The smallest absolute Gasteiger partial charge is 0.259 e. The van der Waals surface area contributed by atoms with Gasteiger partial charge in [0.2, 0.25) is 5.91 Å². The Morgan fingerprint density at radius 3 is 2.79 bits per heavy atom. The van der Waals surface area contributed by atoms with E-state index in [9.17, 15) is 14.7 Å². The van der Waals surface area contributed by atoms with Gasteiger partial charge in [0.05, 0.1) is 17.5 Å². The number of nitrogens with one attached hydrogen (secondary N) is 2. The summed E-state index contributed by atoms with van der Waals surface area (Å²) < 4.78 is 0. The number of amides is 1. The van der Waals surface area contributed by atoms with E-state index in [4.69, 9.17) is 0 Å². The monoisotopic (exact) mass is 398 g/mol. The van der Waals surface area contributed by atoms with Crippen LogP contribution in [0.1, 0.15) is 40.7 Å². The van der Waals surface area contributed by atoms with Gasteiger partial charge in [-0.05, 0) is 44.9 Å². The van der Waals surface area contributed by atoms with Crippen molar-refractivity contribution >= 4 is 33.2 Å². The first kappa shape index (κ1) is 19.8. The van der Waals surface area contributed by atoms with Crippen LogP contribution in [0.3, 0.4) is 0 Å². The molecule has 3 aromatic rings. The fraction of sp³-hybridized carbons (Fsp3) is 0.300. The van der Waals surface area contributed by atoms with Crippen molar-refractivity contribution in [3.05, 3.63) is 55.9 Å². The van der Waals surface area contributed by atoms with Crippen LogP contribution in [0.15, 0.2) is 28.1 Å². The van der Waals surface area contributed by atoms with Gasteiger partial charge >= 0.3 is 0 Å². The fourth-order valence-electron chi connectivity index (χ4n) is 2.92. The number of rotatable bonds is 5. The standard InChI is InChI=1S/C20H22N4O3S/c1-5-14(13-8-10(2)6-7-15(13)25)23-24-17(26)9-16-21-19(27)18-11(3)12(4)28-20(18)22-16/h6-8,25H,5,9H2,1-4H3,(H,24,26)(H,21,22,27)/b23-14+. The van der Waals surface area contributed by atoms with Gasteiger partial charge < -0.3 is 10.1 Å². The minimum absolute atomic E-state index is 0.0958. The number of fused-ring (bicyclic) bond motifs is 1. The summed E-state index contributed by atoms with van der Waals surface area (Å²) in [7, 11) is 0. The molecule has 3 N–H and O–H groups in total. The van der Waals surface area contributed by atoms with Crippen LogP contribution in [-0.4, -0.2) is 26.7 Å². The molecule has 0 spiro atoms. The summed E-state index contributed by atoms with van der Waals surface area (Å²) in [5.74, 6) is 0.00817. The van der Waals surface area contributed by atoms with Crippen molar-refractivity contribution in [3.8, 4) is 5.75 Å². The number of carbonyl (C=O) groups is 1. The van der Waals surface area contributed by atoms with Crippen molar-refractivity contribution in [3.63, 3.8) is 0 Å². The first-order chi connectivity index (χ1) is 13.3. The molecule has 146 valence electrons. The number of aromatic amines is 1. The van der Waals surface area contributed by atoms with Gasteiger partial charge in [-0.3, -0.25) is 9.59 Å². The molecule has 0 aliphatic carbocycles. The average Bonchev–Trinajstić information content (AvgIpc) is 2.92. The van der Waals surface area contributed by atoms with Gasteiger partial charge in [0.25, 0.3) is 5.56 Å². The van der Waals surface area contributed by atoms with E-state index in [1.54, 1.807) is 12.1 Å². The molecule has 0 radical (unpaired) electrons. The Labute approximate surface area is 166 Å². The Hall–Kier alpha value is -3.00. The predicted molar refractivity (Wildman–Crippen MR) is 111 cm³/mol. The minimum Gasteiger partial charge on any atom is -0.507 e. The number of hydrogen-bond donors (Lipinski definition) is 3. The molecule has 0 unspecified atom stereocenters. The maximum absolute atomic E-state index is 12.3. The van der Waals surface area contributed by atoms with Crippen LogP contribution >= 0.6 is 11.3 Å². The second-order valence-electron chi connectivity index (χ2n) is 6.62. The van der Waals surface area contributed by atoms with E-state index in [1.807, 2.05) is 33.8 Å². The number of hydrazone groups is 1. The summed E-state index contributed by atoms with van der Waals surface area (Å²) in [4.78, 5) is 33.3. The molecule has 0 bridgehead atoms. The van der Waals surface area contributed by atoms with E-state index in [2.05, 4.69) is 20.5 Å². The molecule has 1 amide bonds. The molecule has 28 heavy (non-hydrogen) atoms. The van der Waals surface area contributed by atoms with Crippen LogP contribution in [0.2, 0.25) is 0 Å². The molecule has 0 saturated carbocycles. The van der Waals surface area contributed by atoms with Crippen LogP contribution in [0, 0.1) is 20.8 Å². The van der Waals surface area contributed by atoms with Crippen molar-refractivity contribution in [2.75, 3.05) is 0 Å². The molecule has 3 rings (SSSR count). The van der Waals surface area contributed by atoms with Gasteiger partial charge in [-0.1, -0.05) is 18.6 Å². The molecule has 0 aliphatic rings. The van der Waals surface area contributed by atoms with E-state index in [0.29, 0.717) is 33.7 Å². The number of aromatic hydroxyl groups is 1. The van der Waals surface area contributed by atoms with Gasteiger partial charge in [0.15, 0.2) is 0 Å². The van der Waals surface area contributed by atoms with Crippen molar-refractivity contribution < 1.29 is 9.90 Å². The van der Waals surface area contributed by atoms with E-state index >= 15 is 0 Å². The zero-order chi connectivity index (χ0) is 20.4. The third kappa shape index (κ3) is 3.96. The maximum atomic E-state index is 12.3. The zero-order valence-electron chi connectivity index (χ0n) is 16.2. The summed E-state index contributed by atoms with van der Waals surface area (Å²) in [6.07, 6.45) is 0.438. The molecule has 0 atom stereocenters. The first-order valence-electron chi connectivity index (χ1n) is 8.94. The molecular weight excluding hydrogens is 376 g/mol. The molecule has 0 fully saturated rings. The van der Waals surface area contributed by atoms with Gasteiger partial charge in [-0.25, -0.2) is 10.4 Å². The quantitative estimate of drug-likeness (QED) is 0.453. The Balaban J connectivity index is 1.80. The highest BCUT2D eigenvalue weighted by atomic mass is 32.1. The number of carbonyl (C=O) groups excluding carboxylic acids is 1. The van der Waals surface area contributed by atoms with E-state index in [0.717, 1.165) is 16.0 Å². The average molecular weight is 398 g/mol. The Morgan fingerprint density at radius 1 is 1.32 bits per heavy atom. The number of nitrogens with zero attached hydrogens (tertiary/aromatic N) is 2. The van der Waals surface area contributed by atoms with Gasteiger partial charge in [-0.2, -0.15) is 5.10 Å². The molecule has 8 heteroatoms. The molecule has 7 nitrogen and oxygen atoms in total. The van der Waals surface area contributed by atoms with Gasteiger partial charge in [-0.15, -0.1) is 11.3 Å². The second-order valence-corrected chi connectivity index (χ2v) is 7.82. The molecule has 1 aromatic carbocycles. The van der Waals surface area contributed by atoms with Crippen molar-refractivity contribution in [2.45, 2.75) is 40.5 Å². The number of thiophene rings is 1. The fourth-order valence-corrected chi connectivity index (χ4v) is 3.96. The summed E-state index contributed by atoms with van der Waals surface area (Å²) >= 11 is 1.44. The lowest BCUT2D eigenvalue weighted by atomic mass is 10.0. The van der Waals surface area contributed by atoms with Gasteiger partial charge in [0, 0.05) is 10.4 Å². The highest BCUT2D eigenvalue weighted by molar-refractivity contribution is 7.18. The van der Waals surface area contributed by atoms with E-state index < -0.39 is 5.91 Å². The van der Waals surface area contributed by atoms with Crippen molar-refractivity contribution in [2.24, 2.45) is 5.10 Å². The van der Waals surface area contributed by atoms with Crippen LogP contribution in [0.4, 0.5) is 0 Å². The lowest BCUT2D eigenvalue weighted by Gasteiger charge is -2.08. The predicted octanol–water partition coefficient (Wildman–Crippen LogP) is 3.09. The number of phenolic OH excluding ortho intramolecular Hbond substituents is 1. The number of phenols is 1. The molecule has 2 heterocycles. The van der Waals surface area contributed by atoms with Crippen molar-refractivity contribution in [1.29, 1.82) is 0 Å². The van der Waals surface area contributed by atoms with E-state index in [1.165, 1.54) is 11.3 Å². The van der Waals surface area contributed by atoms with Gasteiger partial charge in [0.1, 0.15) is 16.4 Å². The normalized spacial score (nSPS) is 11.8. The number of hydrogen-bond acceptors (Lipinski definition) is 6. The summed E-state index contributed by atoms with van der Waals surface area (Å²) in [6.45, 7) is 7.64. The summed E-state index contributed by atoms with van der Waals surface area (Å²) in [5.41, 5.74) is 5.30. The summed E-state index contributed by atoms with van der Waals surface area (Å²) in [5, 5.41) is 14.8. The molecule has 2 aromatic heterocycles. The molecular formula is C20H22N4O3S. The van der Waals surface area contributed by atoms with Crippen LogP contribution < -0.4 is 11.0 Å². The largest absolute Gasteiger partial charge is 0.507 e. The van der Waals surface area contributed by atoms with Crippen LogP contribution in [0.5, 0.6) is 5.75 Å². The Morgan fingerprint density at radius 2 is 2.07 bits per heavy atom. The Bertz CT molecular complexity index is 1140. The number of benzene rings is 1. The number of aryl methyl sites for hydroxylation is 3. The maximum Gasteiger partial charge on any atom is 0.259 e. The highest BCUT2D eigenvalue weighted by Gasteiger charge is 2.14. The highest BCUT2D eigenvalue weighted by Crippen LogP contribution is 2.25. The lowest BCUT2D eigenvalue weighted by molar-refractivity contribution is -0.120. The molecule has 0 saturated heterocycles. The minimum atomic E-state index is -0.398. The molecule has 0 aliphatic heterocycles. The number of H-pyrrole nitrogens is 1. The second kappa shape index (κ2) is 7.93. The van der Waals surface area contributed by atoms with E-state index in [-0.39, 0.29) is 17.7 Å². The SMILES string of the molecule is CC/C(=N\NC(=O)Cc1nc2sc(C)c(C)c2c(=O)[nH]1)c1cc(C)ccc1O. The third-order valence-electron chi connectivity index (χ3n) is 4.53. The Kier molecular flexibility index (Phi) is 5.60. The topological polar surface area (TPSA) is 107 Å². The lowest BCUT2D eigenvalue weighted by Crippen LogP contribution is -2.24. The van der Waals surface area contributed by atoms with Crippen LogP contribution in [0.25, 0.3) is 10.2 Å². The van der Waals surface area contributed by atoms with Crippen molar-refractivity contribution in [1.82, 2.24) is 15.4 Å².